The van der Waals surface area contributed by atoms with E-state index in [1.807, 2.05) is 18.2 Å². The van der Waals surface area contributed by atoms with Crippen molar-refractivity contribution < 1.29 is 9.59 Å². The Balaban J connectivity index is 1.01. The summed E-state index contributed by atoms with van der Waals surface area (Å²) < 4.78 is 1.58. The number of carbonyl (C=O) groups excluding carboxylic acids is 2. The SMILES string of the molecule is Cc1c(-c2ccn3c(=O)c(CNC[C@@H]4CCC(=O)N4)cnc3c2)cccc1-c1cccc(-c2ccc3c(c2)CC(NC(=O)[C@@H]2CCCN2)C3)c1Cl. The first-order chi connectivity index (χ1) is 24.8. The average Bonchev–Trinajstić information content (AvgIpc) is 3.91. The second-order valence-corrected chi connectivity index (χ2v) is 14.4. The molecule has 0 saturated carbocycles. The molecule has 2 saturated heterocycles. The number of benzene rings is 3. The molecule has 4 N–H and O–H groups in total. The molecule has 4 heterocycles. The Morgan fingerprint density at radius 2 is 1.73 bits per heavy atom. The second kappa shape index (κ2) is 14.1. The number of hydrogen-bond donors (Lipinski definition) is 4. The van der Waals surface area contributed by atoms with Crippen LogP contribution < -0.4 is 26.8 Å². The highest BCUT2D eigenvalue weighted by molar-refractivity contribution is 6.36. The lowest BCUT2D eigenvalue weighted by Gasteiger charge is -2.16. The number of amides is 2. The summed E-state index contributed by atoms with van der Waals surface area (Å²) in [6.45, 7) is 4.00. The maximum absolute atomic E-state index is 13.3. The smallest absolute Gasteiger partial charge is 0.262 e. The van der Waals surface area contributed by atoms with Crippen LogP contribution in [0, 0.1) is 6.92 Å². The van der Waals surface area contributed by atoms with E-state index < -0.39 is 0 Å². The molecule has 260 valence electrons. The highest BCUT2D eigenvalue weighted by Crippen LogP contribution is 2.41. The molecule has 0 bridgehead atoms. The molecular formula is C41H41ClN6O3. The third kappa shape index (κ3) is 6.69. The molecule has 3 aliphatic rings. The van der Waals surface area contributed by atoms with Gasteiger partial charge < -0.3 is 21.3 Å². The summed E-state index contributed by atoms with van der Waals surface area (Å²) in [4.78, 5) is 42.1. The van der Waals surface area contributed by atoms with Gasteiger partial charge in [-0.2, -0.15) is 0 Å². The number of nitrogens with one attached hydrogen (secondary N) is 4. The first kappa shape index (κ1) is 33.3. The number of fused-ring (bicyclic) bond motifs is 2. The van der Waals surface area contributed by atoms with E-state index in [0.717, 1.165) is 77.6 Å². The molecule has 2 fully saturated rings. The van der Waals surface area contributed by atoms with Crippen molar-refractivity contribution in [3.63, 3.8) is 0 Å². The van der Waals surface area contributed by atoms with Crippen LogP contribution in [0.15, 0.2) is 83.9 Å². The Morgan fingerprint density at radius 1 is 0.941 bits per heavy atom. The van der Waals surface area contributed by atoms with Gasteiger partial charge in [-0.1, -0.05) is 66.2 Å². The van der Waals surface area contributed by atoms with E-state index >= 15 is 0 Å². The fraction of sp³-hybridized carbons (Fsp3) is 0.317. The van der Waals surface area contributed by atoms with Crippen molar-refractivity contribution in [1.82, 2.24) is 30.7 Å². The van der Waals surface area contributed by atoms with Gasteiger partial charge in [-0.15, -0.1) is 0 Å². The molecule has 2 aromatic heterocycles. The summed E-state index contributed by atoms with van der Waals surface area (Å²) in [7, 11) is 0. The molecule has 2 amide bonds. The number of hydrogen-bond acceptors (Lipinski definition) is 6. The maximum atomic E-state index is 13.3. The van der Waals surface area contributed by atoms with Gasteiger partial charge in [0.2, 0.25) is 11.8 Å². The molecule has 10 heteroatoms. The van der Waals surface area contributed by atoms with Crippen molar-refractivity contribution >= 4 is 29.1 Å². The highest BCUT2D eigenvalue weighted by atomic mass is 35.5. The van der Waals surface area contributed by atoms with Crippen LogP contribution >= 0.6 is 11.6 Å². The fourth-order valence-corrected chi connectivity index (χ4v) is 8.25. The van der Waals surface area contributed by atoms with Crippen LogP contribution in [-0.2, 0) is 29.0 Å². The number of aromatic nitrogens is 2. The fourth-order valence-electron chi connectivity index (χ4n) is 7.91. The van der Waals surface area contributed by atoms with Crippen LogP contribution in [0.1, 0.15) is 47.9 Å². The minimum atomic E-state index is -0.114. The molecule has 2 aliphatic heterocycles. The van der Waals surface area contributed by atoms with Gasteiger partial charge >= 0.3 is 0 Å². The average molecular weight is 701 g/mol. The minimum absolute atomic E-state index is 0.0729. The maximum Gasteiger partial charge on any atom is 0.262 e. The summed E-state index contributed by atoms with van der Waals surface area (Å²) in [6, 6.07) is 23.0. The van der Waals surface area contributed by atoms with E-state index in [1.54, 1.807) is 16.8 Å². The van der Waals surface area contributed by atoms with E-state index in [9.17, 15) is 14.4 Å². The largest absolute Gasteiger partial charge is 0.352 e. The monoisotopic (exact) mass is 700 g/mol. The quantitative estimate of drug-likeness (QED) is 0.165. The van der Waals surface area contributed by atoms with Gasteiger partial charge in [-0.05, 0) is 96.6 Å². The predicted octanol–water partition coefficient (Wildman–Crippen LogP) is 5.36. The van der Waals surface area contributed by atoms with Crippen LogP contribution in [0.5, 0.6) is 0 Å². The molecule has 3 aromatic carbocycles. The van der Waals surface area contributed by atoms with Crippen molar-refractivity contribution in [3.8, 4) is 33.4 Å². The summed E-state index contributed by atoms with van der Waals surface area (Å²) in [6.07, 6.45) is 8.38. The Bertz CT molecular complexity index is 2230. The molecule has 0 spiro atoms. The zero-order chi connectivity index (χ0) is 35.1. The van der Waals surface area contributed by atoms with Crippen molar-refractivity contribution in [1.29, 1.82) is 0 Å². The van der Waals surface area contributed by atoms with Gasteiger partial charge in [0.1, 0.15) is 5.65 Å². The van der Waals surface area contributed by atoms with E-state index in [2.05, 4.69) is 81.7 Å². The topological polar surface area (TPSA) is 117 Å². The summed E-state index contributed by atoms with van der Waals surface area (Å²) >= 11 is 7.22. The van der Waals surface area contributed by atoms with E-state index in [0.29, 0.717) is 35.7 Å². The van der Waals surface area contributed by atoms with Gasteiger partial charge in [0.25, 0.3) is 5.56 Å². The molecule has 3 atom stereocenters. The molecule has 5 aromatic rings. The third-order valence-electron chi connectivity index (χ3n) is 10.7. The van der Waals surface area contributed by atoms with Gasteiger partial charge in [-0.25, -0.2) is 4.98 Å². The van der Waals surface area contributed by atoms with Gasteiger partial charge in [0.05, 0.1) is 11.1 Å². The number of rotatable bonds is 9. The van der Waals surface area contributed by atoms with Crippen molar-refractivity contribution in [2.75, 3.05) is 13.1 Å². The molecular weight excluding hydrogens is 660 g/mol. The molecule has 1 unspecified atom stereocenters. The van der Waals surface area contributed by atoms with E-state index in [1.165, 1.54) is 11.1 Å². The lowest BCUT2D eigenvalue weighted by Crippen LogP contribution is -2.45. The number of pyridine rings is 1. The number of halogens is 1. The Labute approximate surface area is 301 Å². The first-order valence-electron chi connectivity index (χ1n) is 17.9. The highest BCUT2D eigenvalue weighted by Gasteiger charge is 2.28. The van der Waals surface area contributed by atoms with Gasteiger partial charge in [0.15, 0.2) is 0 Å². The third-order valence-corrected chi connectivity index (χ3v) is 11.1. The van der Waals surface area contributed by atoms with E-state index in [-0.39, 0.29) is 35.5 Å². The lowest BCUT2D eigenvalue weighted by molar-refractivity contribution is -0.123. The van der Waals surface area contributed by atoms with Crippen LogP contribution in [0.2, 0.25) is 5.02 Å². The number of nitrogens with zero attached hydrogens (tertiary/aromatic N) is 2. The first-order valence-corrected chi connectivity index (χ1v) is 18.3. The summed E-state index contributed by atoms with van der Waals surface area (Å²) in [5, 5.41) is 13.5. The number of carbonyl (C=O) groups is 2. The standard InChI is InChI=1S/C41H41ClN6O3/c1-24-32(27-14-16-48-37(20-27)45-22-29(41(48)51)21-43-23-30-12-13-38(49)46-30)5-2-6-33(24)35-8-3-7-34(39(35)42)26-11-10-25-18-31(19-28(25)17-26)47-40(50)36-9-4-15-44-36/h2-3,5-8,10-11,14,16-17,20,22,30-31,36,43-44H,4,9,12-13,15,18-19,21,23H2,1H3,(H,46,49)(H,47,50)/t30-,31?,36-/m0/s1. The summed E-state index contributed by atoms with van der Waals surface area (Å²) in [5.74, 6) is 0.186. The summed E-state index contributed by atoms with van der Waals surface area (Å²) in [5.41, 5.74) is 10.6. The van der Waals surface area contributed by atoms with Crippen molar-refractivity contribution in [3.05, 3.63) is 117 Å². The Kier molecular flexibility index (Phi) is 9.19. The molecule has 9 nitrogen and oxygen atoms in total. The van der Waals surface area contributed by atoms with Gasteiger partial charge in [-0.3, -0.25) is 18.8 Å². The molecule has 0 radical (unpaired) electrons. The second-order valence-electron chi connectivity index (χ2n) is 14.1. The zero-order valence-electron chi connectivity index (χ0n) is 28.6. The van der Waals surface area contributed by atoms with Crippen LogP contribution in [0.3, 0.4) is 0 Å². The predicted molar refractivity (Wildman–Crippen MR) is 201 cm³/mol. The Morgan fingerprint density at radius 3 is 2.53 bits per heavy atom. The minimum Gasteiger partial charge on any atom is -0.352 e. The van der Waals surface area contributed by atoms with Crippen molar-refractivity contribution in [2.45, 2.75) is 70.1 Å². The van der Waals surface area contributed by atoms with Gasteiger partial charge in [0, 0.05) is 60.7 Å². The molecule has 1 aliphatic carbocycles. The van der Waals surface area contributed by atoms with Crippen LogP contribution in [0.25, 0.3) is 39.0 Å². The zero-order valence-corrected chi connectivity index (χ0v) is 29.4. The van der Waals surface area contributed by atoms with E-state index in [4.69, 9.17) is 11.6 Å². The van der Waals surface area contributed by atoms with Crippen LogP contribution in [0.4, 0.5) is 0 Å². The lowest BCUT2D eigenvalue weighted by atomic mass is 9.91. The van der Waals surface area contributed by atoms with Crippen molar-refractivity contribution in [2.24, 2.45) is 0 Å². The van der Waals surface area contributed by atoms with Crippen LogP contribution in [-0.4, -0.2) is 52.4 Å². The normalized spacial score (nSPS) is 19.7. The Hall–Kier alpha value is -4.83. The molecule has 8 rings (SSSR count). The molecule has 51 heavy (non-hydrogen) atoms.